The predicted octanol–water partition coefficient (Wildman–Crippen LogP) is 6.37. The first-order chi connectivity index (χ1) is 19.6. The molecule has 6 nitrogen and oxygen atoms in total. The number of hydrogen-bond acceptors (Lipinski definition) is 5. The zero-order valence-electron chi connectivity index (χ0n) is 22.7. The van der Waals surface area contributed by atoms with Gasteiger partial charge < -0.3 is 24.2 Å². The summed E-state index contributed by atoms with van der Waals surface area (Å²) in [5, 5.41) is 0. The molecule has 4 aromatic rings. The molecule has 0 bridgehead atoms. The minimum Gasteiger partial charge on any atom is -0.497 e. The highest BCUT2D eigenvalue weighted by Crippen LogP contribution is 2.26. The lowest BCUT2D eigenvalue weighted by Gasteiger charge is -2.36. The lowest BCUT2D eigenvalue weighted by molar-refractivity contribution is -0.131. The van der Waals surface area contributed by atoms with Crippen LogP contribution in [0.25, 0.3) is 0 Å². The van der Waals surface area contributed by atoms with Crippen molar-refractivity contribution in [3.05, 3.63) is 115 Å². The summed E-state index contributed by atoms with van der Waals surface area (Å²) in [5.74, 6) is 2.23. The Kier molecular flexibility index (Phi) is 8.81. The van der Waals surface area contributed by atoms with Crippen LogP contribution in [0.2, 0.25) is 0 Å². The number of amides is 1. The molecule has 40 heavy (non-hydrogen) atoms. The number of hydrogen-bond donors (Lipinski definition) is 0. The van der Waals surface area contributed by atoms with Crippen molar-refractivity contribution in [1.29, 1.82) is 0 Å². The second kappa shape index (κ2) is 13.0. The number of anilines is 2. The van der Waals surface area contributed by atoms with E-state index in [-0.39, 0.29) is 11.7 Å². The van der Waals surface area contributed by atoms with Gasteiger partial charge in [-0.15, -0.1) is 0 Å². The van der Waals surface area contributed by atoms with Crippen LogP contribution in [0.15, 0.2) is 103 Å². The number of nitrogens with zero attached hydrogens (tertiary/aromatic N) is 3. The zero-order chi connectivity index (χ0) is 27.7. The summed E-state index contributed by atoms with van der Waals surface area (Å²) in [6.07, 6.45) is 0.395. The molecular formula is C33H34FN3O3. The van der Waals surface area contributed by atoms with E-state index in [2.05, 4.69) is 21.9 Å². The monoisotopic (exact) mass is 539 g/mol. The summed E-state index contributed by atoms with van der Waals surface area (Å²) in [4.78, 5) is 19.6. The average molecular weight is 540 g/mol. The first-order valence-electron chi connectivity index (χ1n) is 13.6. The van der Waals surface area contributed by atoms with Crippen LogP contribution in [0.5, 0.6) is 17.2 Å². The molecule has 1 saturated heterocycles. The van der Waals surface area contributed by atoms with Crippen LogP contribution in [-0.2, 0) is 11.3 Å². The minimum atomic E-state index is -0.262. The van der Waals surface area contributed by atoms with Crippen molar-refractivity contribution >= 4 is 17.3 Å². The number of para-hydroxylation sites is 1. The van der Waals surface area contributed by atoms with Gasteiger partial charge in [0, 0.05) is 57.1 Å². The van der Waals surface area contributed by atoms with E-state index in [9.17, 15) is 9.18 Å². The maximum Gasteiger partial charge on any atom is 0.224 e. The van der Waals surface area contributed by atoms with E-state index in [1.54, 1.807) is 19.2 Å². The molecule has 0 aromatic heterocycles. The number of carbonyl (C=O) groups excluding carboxylic acids is 1. The predicted molar refractivity (Wildman–Crippen MR) is 157 cm³/mol. The Labute approximate surface area is 235 Å². The van der Waals surface area contributed by atoms with Crippen molar-refractivity contribution in [1.82, 2.24) is 4.90 Å². The molecule has 1 amide bonds. The van der Waals surface area contributed by atoms with Crippen LogP contribution in [-0.4, -0.2) is 50.6 Å². The fraction of sp³-hybridized carbons (Fsp3) is 0.242. The number of halogens is 1. The first-order valence-corrected chi connectivity index (χ1v) is 13.6. The molecule has 1 fully saturated rings. The smallest absolute Gasteiger partial charge is 0.224 e. The lowest BCUT2D eigenvalue weighted by atomic mass is 10.1. The molecule has 0 radical (unpaired) electrons. The second-order valence-corrected chi connectivity index (χ2v) is 9.77. The van der Waals surface area contributed by atoms with Crippen LogP contribution >= 0.6 is 0 Å². The van der Waals surface area contributed by atoms with Gasteiger partial charge >= 0.3 is 0 Å². The Morgan fingerprint density at radius 3 is 2.05 bits per heavy atom. The van der Waals surface area contributed by atoms with Crippen molar-refractivity contribution < 1.29 is 18.7 Å². The SMILES string of the molecule is COc1ccc(N2CCN(C(=O)CCN(Cc3ccc(F)cc3)c3ccc(Oc4ccccc4)cc3)CC2)cc1. The largest absolute Gasteiger partial charge is 0.497 e. The Hall–Kier alpha value is -4.52. The van der Waals surface area contributed by atoms with E-state index < -0.39 is 0 Å². The van der Waals surface area contributed by atoms with Crippen molar-refractivity contribution in [3.63, 3.8) is 0 Å². The molecule has 206 valence electrons. The maximum absolute atomic E-state index is 13.5. The number of rotatable bonds is 10. The summed E-state index contributed by atoms with van der Waals surface area (Å²) in [6.45, 7) is 4.08. The van der Waals surface area contributed by atoms with E-state index in [0.717, 1.165) is 47.3 Å². The zero-order valence-corrected chi connectivity index (χ0v) is 22.7. The molecule has 4 aromatic carbocycles. The summed E-state index contributed by atoms with van der Waals surface area (Å²) in [6, 6.07) is 32.1. The third-order valence-corrected chi connectivity index (χ3v) is 7.13. The maximum atomic E-state index is 13.5. The van der Waals surface area contributed by atoms with Crippen LogP contribution in [0.4, 0.5) is 15.8 Å². The number of ether oxygens (including phenoxy) is 2. The van der Waals surface area contributed by atoms with Crippen LogP contribution in [0, 0.1) is 5.82 Å². The summed E-state index contributed by atoms with van der Waals surface area (Å²) in [5.41, 5.74) is 3.09. The van der Waals surface area contributed by atoms with E-state index in [1.807, 2.05) is 71.6 Å². The first kappa shape index (κ1) is 27.1. The molecule has 7 heteroatoms. The van der Waals surface area contributed by atoms with E-state index in [0.29, 0.717) is 32.6 Å². The fourth-order valence-electron chi connectivity index (χ4n) is 4.86. The molecule has 0 unspecified atom stereocenters. The molecule has 5 rings (SSSR count). The fourth-order valence-corrected chi connectivity index (χ4v) is 4.86. The number of benzene rings is 4. The summed E-state index contributed by atoms with van der Waals surface area (Å²) >= 11 is 0. The molecule has 0 spiro atoms. The molecule has 1 aliphatic heterocycles. The van der Waals surface area contributed by atoms with E-state index >= 15 is 0 Å². The molecule has 1 heterocycles. The number of methoxy groups -OCH3 is 1. The van der Waals surface area contributed by atoms with Crippen molar-refractivity contribution in [2.45, 2.75) is 13.0 Å². The highest BCUT2D eigenvalue weighted by molar-refractivity contribution is 5.77. The second-order valence-electron chi connectivity index (χ2n) is 9.77. The molecule has 0 atom stereocenters. The molecular weight excluding hydrogens is 505 g/mol. The summed E-state index contributed by atoms with van der Waals surface area (Å²) < 4.78 is 24.7. The quantitative estimate of drug-likeness (QED) is 0.234. The van der Waals surface area contributed by atoms with Gasteiger partial charge in [-0.05, 0) is 78.4 Å². The Balaban J connectivity index is 1.21. The van der Waals surface area contributed by atoms with Gasteiger partial charge in [0.1, 0.15) is 23.1 Å². The number of piperazine rings is 1. The van der Waals surface area contributed by atoms with Gasteiger partial charge in [-0.1, -0.05) is 30.3 Å². The van der Waals surface area contributed by atoms with E-state index in [1.165, 1.54) is 12.1 Å². The van der Waals surface area contributed by atoms with Crippen LogP contribution < -0.4 is 19.3 Å². The molecule has 0 saturated carbocycles. The topological polar surface area (TPSA) is 45.2 Å². The standard InChI is InChI=1S/C33H34FN3O3/c1-39-30-15-11-28(12-16-30)35-21-23-36(24-22-35)33(38)19-20-37(25-26-7-9-27(34)10-8-26)29-13-17-32(18-14-29)40-31-5-3-2-4-6-31/h2-18H,19-25H2,1H3. The highest BCUT2D eigenvalue weighted by atomic mass is 19.1. The van der Waals surface area contributed by atoms with Crippen LogP contribution in [0.3, 0.4) is 0 Å². The lowest BCUT2D eigenvalue weighted by Crippen LogP contribution is -2.49. The van der Waals surface area contributed by atoms with Gasteiger partial charge in [-0.3, -0.25) is 4.79 Å². The van der Waals surface area contributed by atoms with Gasteiger partial charge in [0.05, 0.1) is 7.11 Å². The molecule has 0 N–H and O–H groups in total. The van der Waals surface area contributed by atoms with Crippen molar-refractivity contribution in [2.24, 2.45) is 0 Å². The van der Waals surface area contributed by atoms with Gasteiger partial charge in [-0.2, -0.15) is 0 Å². The number of carbonyl (C=O) groups is 1. The van der Waals surface area contributed by atoms with E-state index in [4.69, 9.17) is 9.47 Å². The normalized spacial score (nSPS) is 13.2. The Bertz CT molecular complexity index is 1360. The van der Waals surface area contributed by atoms with Crippen molar-refractivity contribution in [3.8, 4) is 17.2 Å². The minimum absolute atomic E-state index is 0.141. The van der Waals surface area contributed by atoms with Gasteiger partial charge in [0.15, 0.2) is 0 Å². The third-order valence-electron chi connectivity index (χ3n) is 7.13. The highest BCUT2D eigenvalue weighted by Gasteiger charge is 2.22. The third kappa shape index (κ3) is 7.11. The van der Waals surface area contributed by atoms with Gasteiger partial charge in [0.2, 0.25) is 5.91 Å². The Morgan fingerprint density at radius 2 is 1.40 bits per heavy atom. The van der Waals surface area contributed by atoms with Gasteiger partial charge in [-0.25, -0.2) is 4.39 Å². The summed E-state index contributed by atoms with van der Waals surface area (Å²) in [7, 11) is 1.66. The van der Waals surface area contributed by atoms with Crippen LogP contribution in [0.1, 0.15) is 12.0 Å². The van der Waals surface area contributed by atoms with Crippen molar-refractivity contribution in [2.75, 3.05) is 49.6 Å². The average Bonchev–Trinajstić information content (AvgIpc) is 3.01. The van der Waals surface area contributed by atoms with Gasteiger partial charge in [0.25, 0.3) is 0 Å². The Morgan fingerprint density at radius 1 is 0.775 bits per heavy atom. The molecule has 1 aliphatic rings. The molecule has 0 aliphatic carbocycles.